The molecule has 0 saturated heterocycles. The number of fused-ring (bicyclic) bond motifs is 2. The number of hydrogen-bond donors (Lipinski definition) is 1. The lowest BCUT2D eigenvalue weighted by molar-refractivity contribution is 0.796. The van der Waals surface area contributed by atoms with Crippen molar-refractivity contribution in [1.82, 2.24) is 9.55 Å². The molecule has 1 aliphatic rings. The topological polar surface area (TPSA) is 29.9 Å². The summed E-state index contributed by atoms with van der Waals surface area (Å²) in [5.41, 5.74) is 7.45. The number of anilines is 1. The molecule has 1 N–H and O–H groups in total. The highest BCUT2D eigenvalue weighted by Crippen LogP contribution is 2.30. The SMILES string of the molecule is CCn1c(-c2ccc3c(c2)CCN3)nc2cc(C)ccc21. The van der Waals surface area contributed by atoms with Gasteiger partial charge in [0, 0.05) is 24.3 Å². The molecule has 3 aromatic rings. The van der Waals surface area contributed by atoms with Crippen molar-refractivity contribution in [3.63, 3.8) is 0 Å². The van der Waals surface area contributed by atoms with Gasteiger partial charge in [0.25, 0.3) is 0 Å². The van der Waals surface area contributed by atoms with Gasteiger partial charge in [-0.05, 0) is 61.7 Å². The Morgan fingerprint density at radius 1 is 1.19 bits per heavy atom. The summed E-state index contributed by atoms with van der Waals surface area (Å²) in [5, 5.41) is 3.41. The van der Waals surface area contributed by atoms with Gasteiger partial charge < -0.3 is 9.88 Å². The Labute approximate surface area is 124 Å². The van der Waals surface area contributed by atoms with Crippen LogP contribution in [0, 0.1) is 6.92 Å². The van der Waals surface area contributed by atoms with Gasteiger partial charge in [0.15, 0.2) is 0 Å². The van der Waals surface area contributed by atoms with Crippen molar-refractivity contribution in [2.45, 2.75) is 26.8 Å². The molecule has 0 amide bonds. The van der Waals surface area contributed by atoms with E-state index in [0.717, 1.165) is 30.9 Å². The van der Waals surface area contributed by atoms with Crippen molar-refractivity contribution >= 4 is 16.7 Å². The number of nitrogens with zero attached hydrogens (tertiary/aromatic N) is 2. The van der Waals surface area contributed by atoms with Gasteiger partial charge in [0.2, 0.25) is 0 Å². The molecule has 0 unspecified atom stereocenters. The van der Waals surface area contributed by atoms with Gasteiger partial charge in [-0.25, -0.2) is 4.98 Å². The number of aryl methyl sites for hydroxylation is 2. The lowest BCUT2D eigenvalue weighted by atomic mass is 10.1. The second kappa shape index (κ2) is 4.62. The van der Waals surface area contributed by atoms with E-state index in [2.05, 4.69) is 60.1 Å². The maximum atomic E-state index is 4.88. The molecule has 2 heterocycles. The molecule has 2 aromatic carbocycles. The van der Waals surface area contributed by atoms with Crippen molar-refractivity contribution in [3.05, 3.63) is 47.5 Å². The van der Waals surface area contributed by atoms with Crippen LogP contribution in [0.25, 0.3) is 22.4 Å². The Hall–Kier alpha value is -2.29. The molecule has 3 nitrogen and oxygen atoms in total. The van der Waals surface area contributed by atoms with Gasteiger partial charge >= 0.3 is 0 Å². The third-order valence-electron chi connectivity index (χ3n) is 4.29. The molecule has 0 aliphatic carbocycles. The van der Waals surface area contributed by atoms with Crippen LogP contribution in [0.5, 0.6) is 0 Å². The molecule has 3 heteroatoms. The van der Waals surface area contributed by atoms with E-state index in [9.17, 15) is 0 Å². The number of rotatable bonds is 2. The van der Waals surface area contributed by atoms with E-state index in [0.29, 0.717) is 0 Å². The summed E-state index contributed by atoms with van der Waals surface area (Å²) in [4.78, 5) is 4.88. The number of aromatic nitrogens is 2. The average molecular weight is 277 g/mol. The van der Waals surface area contributed by atoms with Gasteiger partial charge in [-0.3, -0.25) is 0 Å². The van der Waals surface area contributed by atoms with Crippen molar-refractivity contribution in [2.24, 2.45) is 0 Å². The summed E-state index contributed by atoms with van der Waals surface area (Å²) in [5.74, 6) is 1.08. The minimum absolute atomic E-state index is 0.935. The fourth-order valence-electron chi connectivity index (χ4n) is 3.22. The second-order valence-electron chi connectivity index (χ2n) is 5.72. The monoisotopic (exact) mass is 277 g/mol. The zero-order valence-electron chi connectivity index (χ0n) is 12.5. The van der Waals surface area contributed by atoms with Gasteiger partial charge in [-0.15, -0.1) is 0 Å². The maximum absolute atomic E-state index is 4.88. The molecule has 1 aromatic heterocycles. The van der Waals surface area contributed by atoms with E-state index in [1.807, 2.05) is 0 Å². The van der Waals surface area contributed by atoms with Gasteiger partial charge in [0.05, 0.1) is 11.0 Å². The summed E-state index contributed by atoms with van der Waals surface area (Å²) in [7, 11) is 0. The molecule has 106 valence electrons. The summed E-state index contributed by atoms with van der Waals surface area (Å²) in [6, 6.07) is 13.2. The maximum Gasteiger partial charge on any atom is 0.141 e. The van der Waals surface area contributed by atoms with E-state index >= 15 is 0 Å². The minimum atomic E-state index is 0.935. The first-order chi connectivity index (χ1) is 10.3. The Morgan fingerprint density at radius 3 is 2.95 bits per heavy atom. The minimum Gasteiger partial charge on any atom is -0.384 e. The summed E-state index contributed by atoms with van der Waals surface area (Å²) in [6.07, 6.45) is 1.11. The number of imidazole rings is 1. The first-order valence-corrected chi connectivity index (χ1v) is 7.60. The largest absolute Gasteiger partial charge is 0.384 e. The molecule has 0 bridgehead atoms. The average Bonchev–Trinajstić information content (AvgIpc) is 3.09. The second-order valence-corrected chi connectivity index (χ2v) is 5.72. The third-order valence-corrected chi connectivity index (χ3v) is 4.29. The van der Waals surface area contributed by atoms with Crippen molar-refractivity contribution in [1.29, 1.82) is 0 Å². The van der Waals surface area contributed by atoms with Crippen LogP contribution < -0.4 is 5.32 Å². The third kappa shape index (κ3) is 1.92. The highest BCUT2D eigenvalue weighted by atomic mass is 15.1. The van der Waals surface area contributed by atoms with Gasteiger partial charge in [0.1, 0.15) is 5.82 Å². The van der Waals surface area contributed by atoms with Crippen molar-refractivity contribution in [3.8, 4) is 11.4 Å². The molecule has 0 spiro atoms. The Kier molecular flexibility index (Phi) is 2.74. The molecule has 0 atom stereocenters. The van der Waals surface area contributed by atoms with Crippen LogP contribution in [-0.2, 0) is 13.0 Å². The number of benzene rings is 2. The Morgan fingerprint density at radius 2 is 2.10 bits per heavy atom. The highest BCUT2D eigenvalue weighted by Gasteiger charge is 2.15. The number of hydrogen-bond acceptors (Lipinski definition) is 2. The van der Waals surface area contributed by atoms with Gasteiger partial charge in [-0.1, -0.05) is 6.07 Å². The zero-order chi connectivity index (χ0) is 14.4. The summed E-state index contributed by atoms with van der Waals surface area (Å²) >= 11 is 0. The van der Waals surface area contributed by atoms with Crippen LogP contribution in [0.3, 0.4) is 0 Å². The van der Waals surface area contributed by atoms with Crippen LogP contribution >= 0.6 is 0 Å². The Balaban J connectivity index is 1.93. The van der Waals surface area contributed by atoms with E-state index in [-0.39, 0.29) is 0 Å². The molecular weight excluding hydrogens is 258 g/mol. The molecular formula is C18H19N3. The van der Waals surface area contributed by atoms with E-state index in [4.69, 9.17) is 4.98 Å². The van der Waals surface area contributed by atoms with Crippen LogP contribution in [0.15, 0.2) is 36.4 Å². The van der Waals surface area contributed by atoms with E-state index in [1.54, 1.807) is 0 Å². The van der Waals surface area contributed by atoms with Crippen LogP contribution in [0.2, 0.25) is 0 Å². The predicted molar refractivity (Wildman–Crippen MR) is 87.8 cm³/mol. The van der Waals surface area contributed by atoms with Crippen molar-refractivity contribution in [2.75, 3.05) is 11.9 Å². The molecule has 21 heavy (non-hydrogen) atoms. The molecule has 0 fully saturated rings. The molecule has 1 aliphatic heterocycles. The fourth-order valence-corrected chi connectivity index (χ4v) is 3.22. The lowest BCUT2D eigenvalue weighted by Gasteiger charge is -2.08. The summed E-state index contributed by atoms with van der Waals surface area (Å²) in [6.45, 7) is 6.27. The van der Waals surface area contributed by atoms with Gasteiger partial charge in [-0.2, -0.15) is 0 Å². The van der Waals surface area contributed by atoms with E-state index < -0.39 is 0 Å². The van der Waals surface area contributed by atoms with E-state index in [1.165, 1.54) is 27.9 Å². The molecule has 4 rings (SSSR count). The highest BCUT2D eigenvalue weighted by molar-refractivity contribution is 5.82. The normalized spacial score (nSPS) is 13.4. The first kappa shape index (κ1) is 12.5. The predicted octanol–water partition coefficient (Wildman–Crippen LogP) is 4.00. The van der Waals surface area contributed by atoms with Crippen LogP contribution in [0.4, 0.5) is 5.69 Å². The van der Waals surface area contributed by atoms with Crippen molar-refractivity contribution < 1.29 is 0 Å². The fraction of sp³-hybridized carbons (Fsp3) is 0.278. The standard InChI is InChI=1S/C18H19N3/c1-3-21-17-7-4-12(2)10-16(17)20-18(21)14-5-6-15-13(11-14)8-9-19-15/h4-7,10-11,19H,3,8-9H2,1-2H3. The van der Waals surface area contributed by atoms with Crippen LogP contribution in [0.1, 0.15) is 18.1 Å². The quantitative estimate of drug-likeness (QED) is 0.767. The zero-order valence-corrected chi connectivity index (χ0v) is 12.5. The lowest BCUT2D eigenvalue weighted by Crippen LogP contribution is -1.97. The Bertz CT molecular complexity index is 830. The first-order valence-electron chi connectivity index (χ1n) is 7.60. The molecule has 0 radical (unpaired) electrons. The van der Waals surface area contributed by atoms with Crippen LogP contribution in [-0.4, -0.2) is 16.1 Å². The summed E-state index contributed by atoms with van der Waals surface area (Å²) < 4.78 is 2.30. The smallest absolute Gasteiger partial charge is 0.141 e. The number of nitrogens with one attached hydrogen (secondary N) is 1. The molecule has 0 saturated carbocycles.